The molecule has 2 amide bonds. The molecule has 0 aliphatic heterocycles. The smallest absolute Gasteiger partial charge is 0.253 e. The van der Waals surface area contributed by atoms with Crippen molar-refractivity contribution in [2.45, 2.75) is 51.5 Å². The van der Waals surface area contributed by atoms with Gasteiger partial charge in [0, 0.05) is 12.0 Å². The second-order valence-electron chi connectivity index (χ2n) is 7.94. The molecule has 4 nitrogen and oxygen atoms in total. The fourth-order valence-corrected chi connectivity index (χ4v) is 3.48. The van der Waals surface area contributed by atoms with E-state index in [1.165, 1.54) is 11.1 Å². The molecule has 0 fully saturated rings. The predicted octanol–water partition coefficient (Wildman–Crippen LogP) is 4.27. The Labute approximate surface area is 155 Å². The van der Waals surface area contributed by atoms with Crippen LogP contribution in [0.15, 0.2) is 48.5 Å². The van der Waals surface area contributed by atoms with Crippen molar-refractivity contribution < 1.29 is 9.59 Å². The summed E-state index contributed by atoms with van der Waals surface area (Å²) >= 11 is 0. The summed E-state index contributed by atoms with van der Waals surface area (Å²) in [6, 6.07) is 15.5. The van der Waals surface area contributed by atoms with Gasteiger partial charge in [-0.15, -0.1) is 0 Å². The second kappa shape index (κ2) is 7.32. The summed E-state index contributed by atoms with van der Waals surface area (Å²) in [7, 11) is 0. The molecule has 0 bridgehead atoms. The summed E-state index contributed by atoms with van der Waals surface area (Å²) in [5.41, 5.74) is 3.34. The number of benzene rings is 2. The van der Waals surface area contributed by atoms with E-state index in [2.05, 4.69) is 22.8 Å². The number of hydrogen-bond donors (Lipinski definition) is 2. The number of aryl methyl sites for hydroxylation is 1. The van der Waals surface area contributed by atoms with Crippen molar-refractivity contribution in [1.82, 2.24) is 5.32 Å². The van der Waals surface area contributed by atoms with Crippen molar-refractivity contribution in [3.05, 3.63) is 65.2 Å². The summed E-state index contributed by atoms with van der Waals surface area (Å²) in [4.78, 5) is 25.1. The first-order chi connectivity index (χ1) is 12.3. The normalized spacial score (nSPS) is 16.0. The van der Waals surface area contributed by atoms with Crippen molar-refractivity contribution in [2.75, 3.05) is 5.32 Å². The van der Waals surface area contributed by atoms with Crippen LogP contribution in [0.4, 0.5) is 5.69 Å². The lowest BCUT2D eigenvalue weighted by atomic mass is 9.97. The van der Waals surface area contributed by atoms with E-state index in [1.54, 1.807) is 18.2 Å². The summed E-state index contributed by atoms with van der Waals surface area (Å²) in [5.74, 6) is 0.0177. The molecule has 136 valence electrons. The van der Waals surface area contributed by atoms with Crippen molar-refractivity contribution in [1.29, 1.82) is 0 Å². The number of anilines is 1. The van der Waals surface area contributed by atoms with Gasteiger partial charge in [0.1, 0.15) is 0 Å². The summed E-state index contributed by atoms with van der Waals surface area (Å²) < 4.78 is 0. The zero-order chi connectivity index (χ0) is 18.7. The molecule has 0 radical (unpaired) electrons. The van der Waals surface area contributed by atoms with Crippen LogP contribution in [0.2, 0.25) is 0 Å². The van der Waals surface area contributed by atoms with Crippen molar-refractivity contribution in [3.63, 3.8) is 0 Å². The van der Waals surface area contributed by atoms with Crippen LogP contribution in [0.3, 0.4) is 0 Å². The van der Waals surface area contributed by atoms with Crippen LogP contribution in [-0.4, -0.2) is 17.4 Å². The number of rotatable bonds is 4. The van der Waals surface area contributed by atoms with Gasteiger partial charge in [0.05, 0.1) is 11.3 Å². The minimum absolute atomic E-state index is 0.0530. The molecule has 2 N–H and O–H groups in total. The third kappa shape index (κ3) is 4.31. The highest BCUT2D eigenvalue weighted by molar-refractivity contribution is 6.04. The van der Waals surface area contributed by atoms with Gasteiger partial charge in [0.25, 0.3) is 5.91 Å². The van der Waals surface area contributed by atoms with Gasteiger partial charge in [-0.1, -0.05) is 36.4 Å². The zero-order valence-electron chi connectivity index (χ0n) is 15.6. The van der Waals surface area contributed by atoms with Crippen molar-refractivity contribution >= 4 is 17.5 Å². The van der Waals surface area contributed by atoms with E-state index < -0.39 is 0 Å². The quantitative estimate of drug-likeness (QED) is 0.865. The van der Waals surface area contributed by atoms with E-state index in [-0.39, 0.29) is 23.3 Å². The molecule has 4 heteroatoms. The lowest BCUT2D eigenvalue weighted by molar-refractivity contribution is -0.116. The number of amides is 2. The maximum absolute atomic E-state index is 12.6. The molecule has 1 aliphatic carbocycles. The molecule has 1 unspecified atom stereocenters. The molecule has 1 aliphatic rings. The molecular weight excluding hydrogens is 324 g/mol. The fraction of sp³-hybridized carbons (Fsp3) is 0.364. The van der Waals surface area contributed by atoms with Crippen molar-refractivity contribution in [3.8, 4) is 0 Å². The van der Waals surface area contributed by atoms with E-state index in [9.17, 15) is 9.59 Å². The van der Waals surface area contributed by atoms with Crippen LogP contribution in [0.1, 0.15) is 61.0 Å². The SMILES string of the molecule is CC(C)(C)NC(=O)c1ccccc1NC(=O)CC1CCc2ccccc21. The Bertz CT molecular complexity index is 821. The Hall–Kier alpha value is -2.62. The van der Waals surface area contributed by atoms with Crippen molar-refractivity contribution in [2.24, 2.45) is 0 Å². The molecule has 2 aromatic rings. The maximum atomic E-state index is 12.6. The molecule has 0 aromatic heterocycles. The van der Waals surface area contributed by atoms with E-state index >= 15 is 0 Å². The van der Waals surface area contributed by atoms with E-state index in [4.69, 9.17) is 0 Å². The predicted molar refractivity (Wildman–Crippen MR) is 104 cm³/mol. The molecule has 0 heterocycles. The van der Waals surface area contributed by atoms with Crippen LogP contribution in [0, 0.1) is 0 Å². The molecule has 0 saturated carbocycles. The number of para-hydroxylation sites is 1. The van der Waals surface area contributed by atoms with E-state index in [0.717, 1.165) is 12.8 Å². The first-order valence-electron chi connectivity index (χ1n) is 9.13. The van der Waals surface area contributed by atoms with E-state index in [0.29, 0.717) is 17.7 Å². The Balaban J connectivity index is 1.70. The first-order valence-corrected chi connectivity index (χ1v) is 9.13. The Kier molecular flexibility index (Phi) is 5.12. The van der Waals surface area contributed by atoms with Crippen LogP contribution in [0.5, 0.6) is 0 Å². The van der Waals surface area contributed by atoms with Gasteiger partial charge in [-0.3, -0.25) is 9.59 Å². The standard InChI is InChI=1S/C22H26N2O2/c1-22(2,3)24-21(26)18-10-6-7-11-19(18)23-20(25)14-16-13-12-15-8-4-5-9-17(15)16/h4-11,16H,12-14H2,1-3H3,(H,23,25)(H,24,26). The number of fused-ring (bicyclic) bond motifs is 1. The fourth-order valence-electron chi connectivity index (χ4n) is 3.48. The van der Waals surface area contributed by atoms with Gasteiger partial charge in [-0.25, -0.2) is 0 Å². The number of hydrogen-bond acceptors (Lipinski definition) is 2. The minimum atomic E-state index is -0.332. The number of carbonyl (C=O) groups is 2. The Morgan fingerprint density at radius 3 is 2.50 bits per heavy atom. The molecular formula is C22H26N2O2. The molecule has 3 rings (SSSR count). The molecule has 1 atom stereocenters. The zero-order valence-corrected chi connectivity index (χ0v) is 15.6. The third-order valence-corrected chi connectivity index (χ3v) is 4.62. The van der Waals surface area contributed by atoms with E-state index in [1.807, 2.05) is 39.0 Å². The summed E-state index contributed by atoms with van der Waals surface area (Å²) in [5, 5.41) is 5.88. The van der Waals surface area contributed by atoms with Crippen LogP contribution in [0.25, 0.3) is 0 Å². The largest absolute Gasteiger partial charge is 0.347 e. The highest BCUT2D eigenvalue weighted by Crippen LogP contribution is 2.35. The molecule has 26 heavy (non-hydrogen) atoms. The monoisotopic (exact) mass is 350 g/mol. The van der Waals surface area contributed by atoms with Gasteiger partial charge < -0.3 is 10.6 Å². The highest BCUT2D eigenvalue weighted by Gasteiger charge is 2.25. The Morgan fingerprint density at radius 1 is 1.04 bits per heavy atom. The third-order valence-electron chi connectivity index (χ3n) is 4.62. The lowest BCUT2D eigenvalue weighted by Crippen LogP contribution is -2.40. The summed E-state index contributed by atoms with van der Waals surface area (Å²) in [6.07, 6.45) is 2.46. The molecule has 0 saturated heterocycles. The minimum Gasteiger partial charge on any atom is -0.347 e. The molecule has 0 spiro atoms. The van der Waals surface area contributed by atoms with Gasteiger partial charge >= 0.3 is 0 Å². The van der Waals surface area contributed by atoms with Gasteiger partial charge in [0.2, 0.25) is 5.91 Å². The summed E-state index contributed by atoms with van der Waals surface area (Å²) in [6.45, 7) is 5.80. The van der Waals surface area contributed by atoms with Crippen LogP contribution < -0.4 is 10.6 Å². The number of nitrogens with one attached hydrogen (secondary N) is 2. The average molecular weight is 350 g/mol. The average Bonchev–Trinajstić information content (AvgIpc) is 2.97. The second-order valence-corrected chi connectivity index (χ2v) is 7.94. The Morgan fingerprint density at radius 2 is 1.73 bits per heavy atom. The van der Waals surface area contributed by atoms with Crippen LogP contribution in [-0.2, 0) is 11.2 Å². The van der Waals surface area contributed by atoms with Gasteiger partial charge in [-0.2, -0.15) is 0 Å². The maximum Gasteiger partial charge on any atom is 0.253 e. The first kappa shape index (κ1) is 18.2. The topological polar surface area (TPSA) is 58.2 Å². The van der Waals surface area contributed by atoms with Gasteiger partial charge in [0.15, 0.2) is 0 Å². The highest BCUT2D eigenvalue weighted by atomic mass is 16.2. The lowest BCUT2D eigenvalue weighted by Gasteiger charge is -2.21. The number of carbonyl (C=O) groups excluding carboxylic acids is 2. The van der Waals surface area contributed by atoms with Gasteiger partial charge in [-0.05, 0) is 62.8 Å². The van der Waals surface area contributed by atoms with Crippen LogP contribution >= 0.6 is 0 Å². The molecule has 2 aromatic carbocycles.